The molecule has 23 heavy (non-hydrogen) atoms. The van der Waals surface area contributed by atoms with Gasteiger partial charge in [0, 0.05) is 11.4 Å². The maximum Gasteiger partial charge on any atom is 0.416 e. The van der Waals surface area contributed by atoms with Crippen LogP contribution in [-0.2, 0) is 6.18 Å². The second kappa shape index (κ2) is 6.15. The zero-order valence-corrected chi connectivity index (χ0v) is 12.0. The number of alkyl halides is 3. The van der Waals surface area contributed by atoms with Gasteiger partial charge >= 0.3 is 12.2 Å². The highest BCUT2D eigenvalue weighted by Gasteiger charge is 2.31. The first kappa shape index (κ1) is 16.6. The van der Waals surface area contributed by atoms with E-state index in [1.807, 2.05) is 0 Å². The fourth-order valence-electron chi connectivity index (χ4n) is 1.85. The SMILES string of the molecule is Cc1ccc(N)cc1NC(=O)Nc1cc(C(F)(F)F)ccc1F. The third-order valence-corrected chi connectivity index (χ3v) is 3.05. The van der Waals surface area contributed by atoms with Crippen LogP contribution in [0.4, 0.5) is 39.4 Å². The number of hydrogen-bond donors (Lipinski definition) is 3. The molecule has 0 saturated carbocycles. The Labute approximate surface area is 129 Å². The largest absolute Gasteiger partial charge is 0.416 e. The van der Waals surface area contributed by atoms with E-state index >= 15 is 0 Å². The van der Waals surface area contributed by atoms with E-state index in [2.05, 4.69) is 10.6 Å². The molecule has 0 aliphatic rings. The number of aryl methyl sites for hydroxylation is 1. The lowest BCUT2D eigenvalue weighted by atomic mass is 10.2. The first-order valence-electron chi connectivity index (χ1n) is 6.47. The van der Waals surface area contributed by atoms with Crippen molar-refractivity contribution in [2.75, 3.05) is 16.4 Å². The van der Waals surface area contributed by atoms with Gasteiger partial charge in [-0.25, -0.2) is 9.18 Å². The second-order valence-corrected chi connectivity index (χ2v) is 4.85. The van der Waals surface area contributed by atoms with E-state index in [1.165, 1.54) is 6.07 Å². The van der Waals surface area contributed by atoms with Crippen molar-refractivity contribution in [2.45, 2.75) is 13.1 Å². The van der Waals surface area contributed by atoms with Crippen molar-refractivity contribution in [1.29, 1.82) is 0 Å². The van der Waals surface area contributed by atoms with Gasteiger partial charge in [-0.2, -0.15) is 13.2 Å². The Kier molecular flexibility index (Phi) is 4.44. The van der Waals surface area contributed by atoms with E-state index in [0.717, 1.165) is 0 Å². The Morgan fingerprint density at radius 3 is 2.35 bits per heavy atom. The molecule has 4 nitrogen and oxygen atoms in total. The quantitative estimate of drug-likeness (QED) is 0.566. The topological polar surface area (TPSA) is 67.1 Å². The lowest BCUT2D eigenvalue weighted by Gasteiger charge is -2.13. The molecular formula is C15H13F4N3O. The molecule has 0 aliphatic heterocycles. The number of nitrogen functional groups attached to an aromatic ring is 1. The molecule has 2 amide bonds. The second-order valence-electron chi connectivity index (χ2n) is 4.85. The van der Waals surface area contributed by atoms with Crippen molar-refractivity contribution in [3.05, 3.63) is 53.3 Å². The lowest BCUT2D eigenvalue weighted by Crippen LogP contribution is -2.21. The number of halogens is 4. The molecule has 0 radical (unpaired) electrons. The van der Waals surface area contributed by atoms with Gasteiger partial charge in [0.1, 0.15) is 5.82 Å². The summed E-state index contributed by atoms with van der Waals surface area (Å²) in [5, 5.41) is 4.46. The molecule has 0 unspecified atom stereocenters. The van der Waals surface area contributed by atoms with Gasteiger partial charge in [0.25, 0.3) is 0 Å². The van der Waals surface area contributed by atoms with Gasteiger partial charge in [0.15, 0.2) is 0 Å². The van der Waals surface area contributed by atoms with Crippen molar-refractivity contribution >= 4 is 23.1 Å². The van der Waals surface area contributed by atoms with Gasteiger partial charge in [-0.05, 0) is 42.8 Å². The van der Waals surface area contributed by atoms with Crippen LogP contribution >= 0.6 is 0 Å². The van der Waals surface area contributed by atoms with E-state index in [9.17, 15) is 22.4 Å². The summed E-state index contributed by atoms with van der Waals surface area (Å²) in [5.74, 6) is -0.975. The van der Waals surface area contributed by atoms with Crippen LogP contribution in [0.15, 0.2) is 36.4 Å². The highest BCUT2D eigenvalue weighted by molar-refractivity contribution is 6.00. The third kappa shape index (κ3) is 4.12. The summed E-state index contributed by atoms with van der Waals surface area (Å²) in [5.41, 5.74) is 5.42. The van der Waals surface area contributed by atoms with Gasteiger partial charge in [-0.3, -0.25) is 0 Å². The van der Waals surface area contributed by atoms with Gasteiger partial charge in [-0.15, -0.1) is 0 Å². The van der Waals surface area contributed by atoms with Crippen molar-refractivity contribution in [1.82, 2.24) is 0 Å². The number of rotatable bonds is 2. The molecule has 0 saturated heterocycles. The normalized spacial score (nSPS) is 11.2. The highest BCUT2D eigenvalue weighted by atomic mass is 19.4. The fraction of sp³-hybridized carbons (Fsp3) is 0.133. The number of amides is 2. The fourth-order valence-corrected chi connectivity index (χ4v) is 1.85. The maximum atomic E-state index is 13.6. The summed E-state index contributed by atoms with van der Waals surface area (Å²) in [6.07, 6.45) is -4.63. The van der Waals surface area contributed by atoms with Crippen LogP contribution in [0.3, 0.4) is 0 Å². The molecule has 122 valence electrons. The van der Waals surface area contributed by atoms with E-state index in [0.29, 0.717) is 35.1 Å². The molecule has 2 aromatic rings. The van der Waals surface area contributed by atoms with Gasteiger partial charge in [0.2, 0.25) is 0 Å². The predicted molar refractivity (Wildman–Crippen MR) is 79.6 cm³/mol. The van der Waals surface area contributed by atoms with Crippen LogP contribution in [0.5, 0.6) is 0 Å². The smallest absolute Gasteiger partial charge is 0.399 e. The molecule has 8 heteroatoms. The van der Waals surface area contributed by atoms with E-state index in [-0.39, 0.29) is 0 Å². The summed E-state index contributed by atoms with van der Waals surface area (Å²) in [6.45, 7) is 1.71. The minimum absolute atomic E-state index is 0.370. The summed E-state index contributed by atoms with van der Waals surface area (Å²) < 4.78 is 51.4. The van der Waals surface area contributed by atoms with Crippen LogP contribution in [0.1, 0.15) is 11.1 Å². The number of nitrogens with two attached hydrogens (primary N) is 1. The predicted octanol–water partition coefficient (Wildman–Crippen LogP) is 4.38. The first-order chi connectivity index (χ1) is 10.7. The number of benzene rings is 2. The van der Waals surface area contributed by atoms with Crippen molar-refractivity contribution < 1.29 is 22.4 Å². The number of anilines is 3. The van der Waals surface area contributed by atoms with Gasteiger partial charge in [-0.1, -0.05) is 6.07 Å². The van der Waals surface area contributed by atoms with E-state index in [4.69, 9.17) is 5.73 Å². The lowest BCUT2D eigenvalue weighted by molar-refractivity contribution is -0.137. The standard InChI is InChI=1S/C15H13F4N3O/c1-8-2-4-10(20)7-12(8)21-14(23)22-13-6-9(15(17,18)19)3-5-11(13)16/h2-7H,20H2,1H3,(H2,21,22,23). The van der Waals surface area contributed by atoms with E-state index < -0.39 is 29.3 Å². The van der Waals surface area contributed by atoms with Crippen LogP contribution in [-0.4, -0.2) is 6.03 Å². The minimum atomic E-state index is -4.63. The molecular weight excluding hydrogens is 314 g/mol. The van der Waals surface area contributed by atoms with E-state index in [1.54, 1.807) is 19.1 Å². The molecule has 0 aromatic heterocycles. The molecule has 0 spiro atoms. The van der Waals surface area contributed by atoms with Gasteiger partial charge < -0.3 is 16.4 Å². The number of carbonyl (C=O) groups excluding carboxylic acids is 1. The molecule has 0 fully saturated rings. The highest BCUT2D eigenvalue weighted by Crippen LogP contribution is 2.31. The van der Waals surface area contributed by atoms with Gasteiger partial charge in [0.05, 0.1) is 11.3 Å². The van der Waals surface area contributed by atoms with Crippen LogP contribution in [0.25, 0.3) is 0 Å². The number of hydrogen-bond acceptors (Lipinski definition) is 2. The summed E-state index contributed by atoms with van der Waals surface area (Å²) in [7, 11) is 0. The first-order valence-corrected chi connectivity index (χ1v) is 6.47. The summed E-state index contributed by atoms with van der Waals surface area (Å²) >= 11 is 0. The van der Waals surface area contributed by atoms with Crippen molar-refractivity contribution in [3.63, 3.8) is 0 Å². The summed E-state index contributed by atoms with van der Waals surface area (Å²) in [4.78, 5) is 11.8. The minimum Gasteiger partial charge on any atom is -0.399 e. The third-order valence-electron chi connectivity index (χ3n) is 3.05. The Morgan fingerprint density at radius 2 is 1.70 bits per heavy atom. The average Bonchev–Trinajstić information content (AvgIpc) is 2.44. The zero-order valence-electron chi connectivity index (χ0n) is 12.0. The molecule has 2 rings (SSSR count). The van der Waals surface area contributed by atoms with Crippen molar-refractivity contribution in [3.8, 4) is 0 Å². The molecule has 0 atom stereocenters. The zero-order chi connectivity index (χ0) is 17.2. The Morgan fingerprint density at radius 1 is 1.04 bits per heavy atom. The molecule has 4 N–H and O–H groups in total. The molecule has 0 heterocycles. The molecule has 2 aromatic carbocycles. The van der Waals surface area contributed by atoms with Crippen LogP contribution < -0.4 is 16.4 Å². The average molecular weight is 327 g/mol. The molecule has 0 aliphatic carbocycles. The summed E-state index contributed by atoms with van der Waals surface area (Å²) in [6, 6.07) is 5.67. The maximum absolute atomic E-state index is 13.6. The van der Waals surface area contributed by atoms with Crippen LogP contribution in [0, 0.1) is 12.7 Å². The van der Waals surface area contributed by atoms with Crippen molar-refractivity contribution in [2.24, 2.45) is 0 Å². The number of nitrogens with one attached hydrogen (secondary N) is 2. The monoisotopic (exact) mass is 327 g/mol. The number of urea groups is 1. The Balaban J connectivity index is 2.18. The Hall–Kier alpha value is -2.77. The number of carbonyl (C=O) groups is 1. The van der Waals surface area contributed by atoms with Crippen LogP contribution in [0.2, 0.25) is 0 Å². The molecule has 0 bridgehead atoms. The Bertz CT molecular complexity index is 744.